The largest absolute Gasteiger partial charge is 0.481 e. The van der Waals surface area contributed by atoms with Gasteiger partial charge >= 0.3 is 23.9 Å². The maximum atomic E-state index is 10.7. The van der Waals surface area contributed by atoms with E-state index in [9.17, 15) is 19.2 Å². The van der Waals surface area contributed by atoms with Gasteiger partial charge in [0.15, 0.2) is 0 Å². The molecule has 0 heterocycles. The molecule has 130 valence electrons. The number of aliphatic carboxylic acids is 4. The molecule has 0 aromatic heterocycles. The fourth-order valence-corrected chi connectivity index (χ4v) is 1.34. The molecule has 0 unspecified atom stereocenters. The smallest absolute Gasteiger partial charge is 0.321 e. The Bertz CT molecular complexity index is 356. The molecule has 0 bridgehead atoms. The molecule has 22 heavy (non-hydrogen) atoms. The van der Waals surface area contributed by atoms with Crippen LogP contribution in [0.25, 0.3) is 0 Å². The molecule has 12 heteroatoms. The van der Waals surface area contributed by atoms with E-state index in [0.29, 0.717) is 0 Å². The van der Waals surface area contributed by atoms with Crippen LogP contribution in [0.15, 0.2) is 0 Å². The second kappa shape index (κ2) is 13.0. The first-order valence-electron chi connectivity index (χ1n) is 5.60. The van der Waals surface area contributed by atoms with Crippen LogP contribution in [0.1, 0.15) is 12.8 Å². The third kappa shape index (κ3) is 12.1. The Morgan fingerprint density at radius 3 is 1.18 bits per heavy atom. The Hall–Kier alpha value is -1.72. The predicted octanol–water partition coefficient (Wildman–Crippen LogP) is -1.82. The quantitative estimate of drug-likeness (QED) is 0.160. The topological polar surface area (TPSA) is 208 Å². The monoisotopic (exact) mass is 365 g/mol. The molecule has 0 amide bonds. The minimum absolute atomic E-state index is 0. The van der Waals surface area contributed by atoms with Crippen molar-refractivity contribution in [3.8, 4) is 0 Å². The van der Waals surface area contributed by atoms with Crippen molar-refractivity contribution in [1.82, 2.24) is 16.8 Å². The maximum absolute atomic E-state index is 10.7. The summed E-state index contributed by atoms with van der Waals surface area (Å²) in [6, 6.07) is -2.59. The molecule has 0 spiro atoms. The van der Waals surface area contributed by atoms with Crippen LogP contribution in [0.4, 0.5) is 0 Å². The minimum Gasteiger partial charge on any atom is -0.481 e. The van der Waals surface area contributed by atoms with Crippen LogP contribution in [-0.4, -0.2) is 69.5 Å². The Labute approximate surface area is 136 Å². The number of rotatable bonds is 11. The molecule has 0 aromatic rings. The molecule has 0 rings (SSSR count). The summed E-state index contributed by atoms with van der Waals surface area (Å²) in [5, 5.41) is 39.2. The third-order valence-corrected chi connectivity index (χ3v) is 2.26. The molecule has 0 aromatic carbocycles. The van der Waals surface area contributed by atoms with Gasteiger partial charge in [0.1, 0.15) is 12.1 Å². The van der Waals surface area contributed by atoms with Gasteiger partial charge in [0.25, 0.3) is 0 Å². The number of hydrogen-bond acceptors (Lipinski definition) is 7. The minimum atomic E-state index is -1.34. The molecule has 0 aliphatic rings. The van der Waals surface area contributed by atoms with Crippen molar-refractivity contribution in [2.45, 2.75) is 24.9 Å². The number of carbonyl (C=O) groups is 4. The van der Waals surface area contributed by atoms with E-state index in [2.05, 4.69) is 10.6 Å². The molecule has 0 fully saturated rings. The van der Waals surface area contributed by atoms with E-state index < -0.39 is 48.8 Å². The summed E-state index contributed by atoms with van der Waals surface area (Å²) in [6.45, 7) is -0.0404. The first-order valence-corrected chi connectivity index (χ1v) is 5.60. The molecule has 0 radical (unpaired) electrons. The Morgan fingerprint density at radius 2 is 1.00 bits per heavy atom. The molecule has 11 nitrogen and oxygen atoms in total. The van der Waals surface area contributed by atoms with E-state index in [4.69, 9.17) is 20.4 Å². The van der Waals surface area contributed by atoms with Gasteiger partial charge in [0.05, 0.1) is 12.8 Å². The Balaban J connectivity index is -0.00000180. The van der Waals surface area contributed by atoms with Crippen LogP contribution in [-0.2, 0) is 36.2 Å². The van der Waals surface area contributed by atoms with Crippen LogP contribution in [0.3, 0.4) is 0 Å². The normalized spacial score (nSPS) is 12.2. The summed E-state index contributed by atoms with van der Waals surface area (Å²) >= 11 is 0. The summed E-state index contributed by atoms with van der Waals surface area (Å²) < 4.78 is 0. The van der Waals surface area contributed by atoms with Crippen LogP contribution < -0.4 is 16.8 Å². The van der Waals surface area contributed by atoms with Crippen molar-refractivity contribution >= 4 is 23.9 Å². The number of carboxylic acids is 4. The third-order valence-electron chi connectivity index (χ3n) is 2.26. The van der Waals surface area contributed by atoms with E-state index in [1.807, 2.05) is 0 Å². The number of carboxylic acid groups (broad SMARTS) is 4. The van der Waals surface area contributed by atoms with Gasteiger partial charge in [-0.05, 0) is 0 Å². The van der Waals surface area contributed by atoms with E-state index >= 15 is 0 Å². The summed E-state index contributed by atoms with van der Waals surface area (Å²) in [7, 11) is 0. The Kier molecular flexibility index (Phi) is 14.9. The SMILES string of the molecule is N.O=C(O)C[C@H](NCCN[C@@H](CC(=O)O)C(=O)O)C(=O)O.[Fe]. The molecule has 0 aliphatic carbocycles. The van der Waals surface area contributed by atoms with Crippen molar-refractivity contribution in [2.24, 2.45) is 0 Å². The molecule has 0 saturated heterocycles. The second-order valence-corrected chi connectivity index (χ2v) is 3.89. The zero-order chi connectivity index (χ0) is 15.7. The molecule has 2 atom stereocenters. The van der Waals surface area contributed by atoms with Gasteiger partial charge in [-0.3, -0.25) is 19.2 Å². The van der Waals surface area contributed by atoms with Crippen molar-refractivity contribution in [1.29, 1.82) is 0 Å². The van der Waals surface area contributed by atoms with Crippen molar-refractivity contribution in [3.63, 3.8) is 0 Å². The standard InChI is InChI=1S/C10H16N2O8.Fe.H3N/c13-7(14)3-5(9(17)18)11-1-2-12-6(10(19)20)4-8(15)16;;/h5-6,11-12H,1-4H2,(H,13,14)(H,15,16)(H,17,18)(H,19,20);;1H3/t5-,6-;;/m0../s1. The summed E-state index contributed by atoms with van der Waals surface area (Å²) in [4.78, 5) is 42.2. The fraction of sp³-hybridized carbons (Fsp3) is 0.600. The first-order chi connectivity index (χ1) is 9.23. The van der Waals surface area contributed by atoms with Crippen molar-refractivity contribution in [3.05, 3.63) is 0 Å². The van der Waals surface area contributed by atoms with Gasteiger partial charge in [0.2, 0.25) is 0 Å². The molecular weight excluding hydrogens is 346 g/mol. The molecular formula is C10H19FeN3O8. The van der Waals surface area contributed by atoms with E-state index in [-0.39, 0.29) is 36.3 Å². The van der Waals surface area contributed by atoms with Crippen LogP contribution >= 0.6 is 0 Å². The molecule has 0 aliphatic heterocycles. The van der Waals surface area contributed by atoms with Gasteiger partial charge in [-0.25, -0.2) is 0 Å². The van der Waals surface area contributed by atoms with Gasteiger partial charge < -0.3 is 37.2 Å². The maximum Gasteiger partial charge on any atom is 0.321 e. The summed E-state index contributed by atoms with van der Waals surface area (Å²) in [6.07, 6.45) is -1.24. The van der Waals surface area contributed by atoms with Gasteiger partial charge in [-0.2, -0.15) is 0 Å². The molecule has 0 saturated carbocycles. The zero-order valence-corrected chi connectivity index (χ0v) is 12.6. The first kappa shape index (κ1) is 25.2. The van der Waals surface area contributed by atoms with E-state index in [0.717, 1.165) is 0 Å². The van der Waals surface area contributed by atoms with Gasteiger partial charge in [-0.1, -0.05) is 0 Å². The van der Waals surface area contributed by atoms with Crippen molar-refractivity contribution in [2.75, 3.05) is 13.1 Å². The summed E-state index contributed by atoms with van der Waals surface area (Å²) in [5.74, 6) is -5.25. The summed E-state index contributed by atoms with van der Waals surface area (Å²) in [5.41, 5.74) is 0. The van der Waals surface area contributed by atoms with Gasteiger partial charge in [0, 0.05) is 30.2 Å². The predicted molar refractivity (Wildman–Crippen MR) is 68.4 cm³/mol. The van der Waals surface area contributed by atoms with E-state index in [1.54, 1.807) is 0 Å². The van der Waals surface area contributed by atoms with Gasteiger partial charge in [-0.15, -0.1) is 0 Å². The second-order valence-electron chi connectivity index (χ2n) is 3.89. The van der Waals surface area contributed by atoms with Crippen LogP contribution in [0.2, 0.25) is 0 Å². The zero-order valence-electron chi connectivity index (χ0n) is 11.5. The Morgan fingerprint density at radius 1 is 0.727 bits per heavy atom. The fourth-order valence-electron chi connectivity index (χ4n) is 1.34. The van der Waals surface area contributed by atoms with Crippen LogP contribution in [0.5, 0.6) is 0 Å². The average molecular weight is 365 g/mol. The van der Waals surface area contributed by atoms with Crippen LogP contribution in [0, 0.1) is 0 Å². The average Bonchev–Trinajstić information content (AvgIpc) is 2.29. The number of hydrogen-bond donors (Lipinski definition) is 7. The molecule has 9 N–H and O–H groups in total. The van der Waals surface area contributed by atoms with E-state index in [1.165, 1.54) is 0 Å². The number of nitrogens with one attached hydrogen (secondary N) is 2. The van der Waals surface area contributed by atoms with Crippen molar-refractivity contribution < 1.29 is 56.7 Å².